The fourth-order valence-corrected chi connectivity index (χ4v) is 6.22. The molecule has 0 saturated carbocycles. The molecule has 38 heavy (non-hydrogen) atoms. The van der Waals surface area contributed by atoms with Gasteiger partial charge in [-0.15, -0.1) is 0 Å². The third-order valence-corrected chi connectivity index (χ3v) is 8.01. The van der Waals surface area contributed by atoms with Gasteiger partial charge in [0.05, 0.1) is 0 Å². The van der Waals surface area contributed by atoms with Crippen molar-refractivity contribution in [3.63, 3.8) is 0 Å². The van der Waals surface area contributed by atoms with Crippen LogP contribution in [0, 0.1) is 0 Å². The molecule has 0 radical (unpaired) electrons. The molecular weight excluding hydrogens is 456 g/mol. The topological polar surface area (TPSA) is 0 Å². The van der Waals surface area contributed by atoms with Crippen molar-refractivity contribution in [1.82, 2.24) is 0 Å². The molecule has 1 aliphatic rings. The van der Waals surface area contributed by atoms with Gasteiger partial charge in [-0.3, -0.25) is 0 Å². The van der Waals surface area contributed by atoms with Crippen LogP contribution in [0.15, 0.2) is 146 Å². The van der Waals surface area contributed by atoms with Crippen molar-refractivity contribution in [2.24, 2.45) is 0 Å². The van der Waals surface area contributed by atoms with Gasteiger partial charge in [0.25, 0.3) is 0 Å². The second kappa shape index (κ2) is 8.30. The Labute approximate surface area is 222 Å². The van der Waals surface area contributed by atoms with Crippen LogP contribution in [-0.2, 0) is 0 Å². The minimum absolute atomic E-state index is 1.24. The standard InChI is InChI=1S/C38H24/c1-3-10-25(11-4-1)29-18-19-30-34-21-20-31(32-16-9-17-33(38(32)34)36(30)24-29)37-23-28-15-8-7-14-27(28)22-35(37)26-12-5-2-6-13-26/h1-24H. The van der Waals surface area contributed by atoms with Gasteiger partial charge in [-0.1, -0.05) is 127 Å². The highest BCUT2D eigenvalue weighted by Crippen LogP contribution is 2.51. The van der Waals surface area contributed by atoms with Crippen molar-refractivity contribution in [1.29, 1.82) is 0 Å². The molecule has 8 rings (SSSR count). The minimum atomic E-state index is 1.24. The fourth-order valence-electron chi connectivity index (χ4n) is 6.22. The second-order valence-electron chi connectivity index (χ2n) is 10.1. The first-order valence-electron chi connectivity index (χ1n) is 13.2. The maximum Gasteiger partial charge on any atom is -0.00201 e. The second-order valence-corrected chi connectivity index (χ2v) is 10.1. The van der Waals surface area contributed by atoms with Gasteiger partial charge in [-0.05, 0) is 95.4 Å². The highest BCUT2D eigenvalue weighted by atomic mass is 14.3. The number of rotatable bonds is 3. The molecule has 0 bridgehead atoms. The maximum atomic E-state index is 2.37. The molecule has 0 heteroatoms. The molecule has 0 aromatic heterocycles. The Kier molecular flexibility index (Phi) is 4.62. The molecule has 0 atom stereocenters. The molecule has 1 aliphatic carbocycles. The van der Waals surface area contributed by atoms with Gasteiger partial charge in [0, 0.05) is 0 Å². The molecule has 0 amide bonds. The van der Waals surface area contributed by atoms with Crippen molar-refractivity contribution in [3.8, 4) is 55.6 Å². The van der Waals surface area contributed by atoms with Gasteiger partial charge in [-0.25, -0.2) is 0 Å². The monoisotopic (exact) mass is 480 g/mol. The van der Waals surface area contributed by atoms with Crippen LogP contribution in [0.3, 0.4) is 0 Å². The van der Waals surface area contributed by atoms with E-state index in [2.05, 4.69) is 146 Å². The summed E-state index contributed by atoms with van der Waals surface area (Å²) in [4.78, 5) is 0. The van der Waals surface area contributed by atoms with Crippen LogP contribution in [0.1, 0.15) is 0 Å². The SMILES string of the molecule is c1ccc(-c2ccc3c(c2)-c2cccc4c(-c5cc6ccccc6cc5-c5ccccc5)ccc-3c24)cc1. The Balaban J connectivity index is 1.39. The van der Waals surface area contributed by atoms with Crippen molar-refractivity contribution < 1.29 is 0 Å². The van der Waals surface area contributed by atoms with Crippen LogP contribution >= 0.6 is 0 Å². The van der Waals surface area contributed by atoms with Gasteiger partial charge < -0.3 is 0 Å². The highest BCUT2D eigenvalue weighted by molar-refractivity contribution is 6.20. The predicted molar refractivity (Wildman–Crippen MR) is 162 cm³/mol. The number of benzene rings is 7. The zero-order chi connectivity index (χ0) is 25.1. The normalized spacial score (nSPS) is 11.7. The summed E-state index contributed by atoms with van der Waals surface area (Å²) in [5, 5.41) is 5.20. The summed E-state index contributed by atoms with van der Waals surface area (Å²) < 4.78 is 0. The average Bonchev–Trinajstić information content (AvgIpc) is 3.32. The van der Waals surface area contributed by atoms with E-state index in [1.165, 1.54) is 77.2 Å². The smallest absolute Gasteiger partial charge is 0.00201 e. The zero-order valence-corrected chi connectivity index (χ0v) is 20.9. The maximum absolute atomic E-state index is 2.37. The fraction of sp³-hybridized carbons (Fsp3) is 0. The van der Waals surface area contributed by atoms with Gasteiger partial charge in [0.2, 0.25) is 0 Å². The Morgan fingerprint density at radius 1 is 0.263 bits per heavy atom. The summed E-state index contributed by atoms with van der Waals surface area (Å²) in [6.07, 6.45) is 0. The summed E-state index contributed by atoms with van der Waals surface area (Å²) in [7, 11) is 0. The van der Waals surface area contributed by atoms with E-state index in [1.807, 2.05) is 0 Å². The van der Waals surface area contributed by atoms with Crippen LogP contribution in [0.4, 0.5) is 0 Å². The molecule has 0 heterocycles. The zero-order valence-electron chi connectivity index (χ0n) is 20.9. The van der Waals surface area contributed by atoms with E-state index < -0.39 is 0 Å². The molecule has 0 unspecified atom stereocenters. The molecule has 7 aromatic rings. The molecule has 7 aromatic carbocycles. The number of hydrogen-bond acceptors (Lipinski definition) is 0. The molecular formula is C38H24. The lowest BCUT2D eigenvalue weighted by Gasteiger charge is -2.16. The van der Waals surface area contributed by atoms with E-state index in [4.69, 9.17) is 0 Å². The third-order valence-electron chi connectivity index (χ3n) is 8.01. The lowest BCUT2D eigenvalue weighted by molar-refractivity contribution is 1.62. The first kappa shape index (κ1) is 21.2. The third kappa shape index (κ3) is 3.17. The lowest BCUT2D eigenvalue weighted by atomic mass is 9.88. The molecule has 176 valence electrons. The summed E-state index contributed by atoms with van der Waals surface area (Å²) in [6.45, 7) is 0. The lowest BCUT2D eigenvalue weighted by Crippen LogP contribution is -1.89. The van der Waals surface area contributed by atoms with E-state index in [-0.39, 0.29) is 0 Å². The Hall–Kier alpha value is -4.94. The molecule has 0 aliphatic heterocycles. The van der Waals surface area contributed by atoms with Gasteiger partial charge in [-0.2, -0.15) is 0 Å². The first-order valence-corrected chi connectivity index (χ1v) is 13.2. The van der Waals surface area contributed by atoms with Crippen molar-refractivity contribution >= 4 is 21.5 Å². The quantitative estimate of drug-likeness (QED) is 0.236. The molecule has 0 nitrogen and oxygen atoms in total. The van der Waals surface area contributed by atoms with Gasteiger partial charge in [0.1, 0.15) is 0 Å². The Morgan fingerprint density at radius 3 is 1.61 bits per heavy atom. The van der Waals surface area contributed by atoms with E-state index >= 15 is 0 Å². The van der Waals surface area contributed by atoms with Crippen molar-refractivity contribution in [2.45, 2.75) is 0 Å². The minimum Gasteiger partial charge on any atom is -0.0622 e. The summed E-state index contributed by atoms with van der Waals surface area (Å²) >= 11 is 0. The Bertz CT molecular complexity index is 2000. The van der Waals surface area contributed by atoms with Gasteiger partial charge >= 0.3 is 0 Å². The highest BCUT2D eigenvalue weighted by Gasteiger charge is 2.24. The van der Waals surface area contributed by atoms with Crippen LogP contribution < -0.4 is 0 Å². The van der Waals surface area contributed by atoms with E-state index in [1.54, 1.807) is 0 Å². The predicted octanol–water partition coefficient (Wildman–Crippen LogP) is 10.6. The number of fused-ring (bicyclic) bond motifs is 4. The largest absolute Gasteiger partial charge is 0.0622 e. The summed E-state index contributed by atoms with van der Waals surface area (Å²) in [5.41, 5.74) is 12.9. The van der Waals surface area contributed by atoms with E-state index in [0.29, 0.717) is 0 Å². The van der Waals surface area contributed by atoms with Crippen molar-refractivity contribution in [2.75, 3.05) is 0 Å². The van der Waals surface area contributed by atoms with E-state index in [0.717, 1.165) is 0 Å². The van der Waals surface area contributed by atoms with Crippen molar-refractivity contribution in [3.05, 3.63) is 146 Å². The van der Waals surface area contributed by atoms with Crippen LogP contribution in [0.2, 0.25) is 0 Å². The van der Waals surface area contributed by atoms with Crippen LogP contribution in [-0.4, -0.2) is 0 Å². The molecule has 0 N–H and O–H groups in total. The molecule has 0 saturated heterocycles. The first-order chi connectivity index (χ1) is 18.8. The average molecular weight is 481 g/mol. The van der Waals surface area contributed by atoms with Gasteiger partial charge in [0.15, 0.2) is 0 Å². The molecule has 0 fully saturated rings. The van der Waals surface area contributed by atoms with E-state index in [9.17, 15) is 0 Å². The van der Waals surface area contributed by atoms with Crippen LogP contribution in [0.5, 0.6) is 0 Å². The van der Waals surface area contributed by atoms with Crippen LogP contribution in [0.25, 0.3) is 77.2 Å². The summed E-state index contributed by atoms with van der Waals surface area (Å²) in [6, 6.07) is 53.2. The molecule has 0 spiro atoms. The number of hydrogen-bond donors (Lipinski definition) is 0. The summed E-state index contributed by atoms with van der Waals surface area (Å²) in [5.74, 6) is 0. The Morgan fingerprint density at radius 2 is 0.842 bits per heavy atom.